The first kappa shape index (κ1) is 26.3. The minimum absolute atomic E-state index is 0.00729. The summed E-state index contributed by atoms with van der Waals surface area (Å²) in [6.07, 6.45) is 5.98. The van der Waals surface area contributed by atoms with Gasteiger partial charge < -0.3 is 18.9 Å². The zero-order valence-corrected chi connectivity index (χ0v) is 21.7. The van der Waals surface area contributed by atoms with Gasteiger partial charge in [0.15, 0.2) is 0 Å². The first-order chi connectivity index (χ1) is 12.1. The van der Waals surface area contributed by atoms with Crippen LogP contribution in [-0.2, 0) is 18.9 Å². The van der Waals surface area contributed by atoms with E-state index in [9.17, 15) is 0 Å². The van der Waals surface area contributed by atoms with E-state index >= 15 is 0 Å². The summed E-state index contributed by atoms with van der Waals surface area (Å²) in [5, 5.41) is 0.742. The van der Waals surface area contributed by atoms with Crippen molar-refractivity contribution in [2.45, 2.75) is 129 Å². The summed E-state index contributed by atoms with van der Waals surface area (Å²) >= 11 is 0. The van der Waals surface area contributed by atoms with Crippen LogP contribution in [0.3, 0.4) is 0 Å². The van der Waals surface area contributed by atoms with Gasteiger partial charge >= 0.3 is 0 Å². The lowest BCUT2D eigenvalue weighted by Gasteiger charge is -2.30. The lowest BCUT2D eigenvalue weighted by molar-refractivity contribution is -0.136. The van der Waals surface area contributed by atoms with E-state index in [1.54, 1.807) is 0 Å². The Labute approximate surface area is 167 Å². The van der Waals surface area contributed by atoms with Crippen molar-refractivity contribution in [3.8, 4) is 0 Å². The van der Waals surface area contributed by atoms with E-state index in [2.05, 4.69) is 62.3 Å². The quantitative estimate of drug-likeness (QED) is 0.221. The Hall–Kier alpha value is 0.274. The molecule has 0 aromatic heterocycles. The van der Waals surface area contributed by atoms with E-state index in [1.165, 1.54) is 25.7 Å². The van der Waals surface area contributed by atoms with Crippen LogP contribution in [0.25, 0.3) is 0 Å². The zero-order valence-electron chi connectivity index (χ0n) is 18.9. The molecule has 0 fully saturated rings. The Kier molecular flexibility index (Phi) is 15.4. The van der Waals surface area contributed by atoms with Gasteiger partial charge in [0.25, 0.3) is 0 Å². The van der Waals surface area contributed by atoms with Gasteiger partial charge in [0, 0.05) is 0 Å². The molecular weight excluding hydrogens is 360 g/mol. The predicted molar refractivity (Wildman–Crippen MR) is 117 cm³/mol. The third-order valence-corrected chi connectivity index (χ3v) is 9.65. The molecule has 0 heterocycles. The molecule has 4 nitrogen and oxygen atoms in total. The monoisotopic (exact) mass is 406 g/mol. The first-order valence-corrected chi connectivity index (χ1v) is 14.0. The maximum Gasteiger partial charge on any atom is 0.135 e. The van der Waals surface area contributed by atoms with Crippen LogP contribution in [0.15, 0.2) is 0 Å². The minimum atomic E-state index is -0.528. The molecule has 0 amide bonds. The highest BCUT2D eigenvalue weighted by atomic mass is 28.3. The van der Waals surface area contributed by atoms with Crippen LogP contribution in [0, 0.1) is 0 Å². The van der Waals surface area contributed by atoms with Crippen LogP contribution in [0.4, 0.5) is 0 Å². The van der Waals surface area contributed by atoms with E-state index < -0.39 is 19.0 Å². The van der Waals surface area contributed by atoms with Gasteiger partial charge in [-0.25, -0.2) is 0 Å². The summed E-state index contributed by atoms with van der Waals surface area (Å²) in [7, 11) is -1.06. The average molecular weight is 407 g/mol. The molecule has 0 aromatic carbocycles. The number of hydrogen-bond donors (Lipinski definition) is 0. The second-order valence-corrected chi connectivity index (χ2v) is 14.2. The Balaban J connectivity index is 4.99. The summed E-state index contributed by atoms with van der Waals surface area (Å²) in [6.45, 7) is 19.1. The van der Waals surface area contributed by atoms with Gasteiger partial charge in [0.05, 0.1) is 43.5 Å². The molecule has 0 saturated carbocycles. The maximum absolute atomic E-state index is 6.12. The van der Waals surface area contributed by atoms with E-state index in [4.69, 9.17) is 18.9 Å². The number of hydrogen-bond acceptors (Lipinski definition) is 4. The highest BCUT2D eigenvalue weighted by Gasteiger charge is 2.26. The predicted octanol–water partition coefficient (Wildman–Crippen LogP) is 3.92. The molecule has 0 spiro atoms. The maximum atomic E-state index is 6.12. The van der Waals surface area contributed by atoms with Crippen molar-refractivity contribution in [3.63, 3.8) is 0 Å². The molecule has 0 unspecified atom stereocenters. The van der Waals surface area contributed by atoms with E-state index in [0.29, 0.717) is 0 Å². The highest BCUT2D eigenvalue weighted by molar-refractivity contribution is 6.59. The van der Waals surface area contributed by atoms with Gasteiger partial charge in [-0.2, -0.15) is 0 Å². The average Bonchev–Trinajstić information content (AvgIpc) is 2.44. The summed E-state index contributed by atoms with van der Waals surface area (Å²) in [5.74, 6) is 0.0146. The van der Waals surface area contributed by atoms with Crippen molar-refractivity contribution in [1.82, 2.24) is 0 Å². The number of ether oxygens (including phenoxy) is 4. The van der Waals surface area contributed by atoms with Crippen molar-refractivity contribution >= 4 is 19.0 Å². The van der Waals surface area contributed by atoms with Crippen molar-refractivity contribution in [1.29, 1.82) is 0 Å². The molecule has 26 heavy (non-hydrogen) atoms. The third-order valence-electron chi connectivity index (χ3n) is 3.96. The van der Waals surface area contributed by atoms with Crippen LogP contribution >= 0.6 is 0 Å². The lowest BCUT2D eigenvalue weighted by Crippen LogP contribution is -2.39. The summed E-state index contributed by atoms with van der Waals surface area (Å²) in [4.78, 5) is 0. The molecule has 0 N–H and O–H groups in total. The van der Waals surface area contributed by atoms with Gasteiger partial charge in [0.1, 0.15) is 11.8 Å². The zero-order chi connectivity index (χ0) is 20.1. The largest absolute Gasteiger partial charge is 0.354 e. The fraction of sp³-hybridized carbons (Fsp3) is 1.00. The summed E-state index contributed by atoms with van der Waals surface area (Å²) in [6, 6.07) is 0. The summed E-state index contributed by atoms with van der Waals surface area (Å²) in [5.41, 5.74) is 0. The highest BCUT2D eigenvalue weighted by Crippen LogP contribution is 2.20. The van der Waals surface area contributed by atoms with Crippen LogP contribution in [-0.4, -0.2) is 55.3 Å². The minimum Gasteiger partial charge on any atom is -0.354 e. The van der Waals surface area contributed by atoms with Crippen LogP contribution < -0.4 is 0 Å². The molecule has 0 saturated heterocycles. The van der Waals surface area contributed by atoms with Crippen molar-refractivity contribution in [2.75, 3.05) is 0 Å². The fourth-order valence-electron chi connectivity index (χ4n) is 3.06. The van der Waals surface area contributed by atoms with Gasteiger partial charge in [-0.15, -0.1) is 0 Å². The van der Waals surface area contributed by atoms with E-state index in [1.807, 2.05) is 0 Å². The van der Waals surface area contributed by atoms with Gasteiger partial charge in [0.2, 0.25) is 0 Å². The van der Waals surface area contributed by atoms with Crippen molar-refractivity contribution < 1.29 is 18.9 Å². The molecule has 0 atom stereocenters. The Bertz CT molecular complexity index is 279. The van der Waals surface area contributed by atoms with E-state index in [-0.39, 0.29) is 36.2 Å². The normalized spacial score (nSPS) is 14.9. The standard InChI is InChI=1S/C20H46O4Si2/c1-10-11-12-13-18(25-19(21-14(2)3)22-15(4)5)26-20(23-16(6)7)24-17(8)9/h14-20H,10-13,25-26H2,1-9H3. The SMILES string of the molecule is CCCCCC([SiH2]C(OC(C)C)OC(C)C)[SiH2]C(OC(C)C)OC(C)C. The molecule has 0 aliphatic heterocycles. The Morgan fingerprint density at radius 3 is 1.19 bits per heavy atom. The van der Waals surface area contributed by atoms with E-state index in [0.717, 1.165) is 5.16 Å². The molecule has 6 heteroatoms. The molecule has 0 aliphatic rings. The second-order valence-electron chi connectivity index (χ2n) is 8.43. The van der Waals surface area contributed by atoms with Crippen molar-refractivity contribution in [3.05, 3.63) is 0 Å². The van der Waals surface area contributed by atoms with Gasteiger partial charge in [-0.1, -0.05) is 37.8 Å². The molecule has 0 aliphatic carbocycles. The Morgan fingerprint density at radius 2 is 0.923 bits per heavy atom. The molecule has 0 bridgehead atoms. The molecule has 0 aromatic rings. The van der Waals surface area contributed by atoms with Gasteiger partial charge in [-0.3, -0.25) is 0 Å². The first-order valence-electron chi connectivity index (χ1n) is 10.8. The van der Waals surface area contributed by atoms with Crippen LogP contribution in [0.1, 0.15) is 88.0 Å². The number of unbranched alkanes of at least 4 members (excludes halogenated alkanes) is 2. The second kappa shape index (κ2) is 15.2. The van der Waals surface area contributed by atoms with Crippen LogP contribution in [0.2, 0.25) is 5.16 Å². The van der Waals surface area contributed by atoms with Crippen LogP contribution in [0.5, 0.6) is 0 Å². The van der Waals surface area contributed by atoms with Crippen molar-refractivity contribution in [2.24, 2.45) is 0 Å². The fourth-order valence-corrected chi connectivity index (χ4v) is 9.58. The van der Waals surface area contributed by atoms with Gasteiger partial charge in [-0.05, 0) is 55.4 Å². The summed E-state index contributed by atoms with van der Waals surface area (Å²) < 4.78 is 24.5. The Morgan fingerprint density at radius 1 is 0.577 bits per heavy atom. The number of rotatable bonds is 16. The third kappa shape index (κ3) is 15.3. The molecule has 0 rings (SSSR count). The smallest absolute Gasteiger partial charge is 0.135 e. The molecule has 158 valence electrons. The lowest BCUT2D eigenvalue weighted by atomic mass is 10.2. The molecular formula is C20H46O4Si2. The molecule has 0 radical (unpaired) electrons. The topological polar surface area (TPSA) is 36.9 Å².